The van der Waals surface area contributed by atoms with Gasteiger partial charge in [-0.3, -0.25) is 4.79 Å². The van der Waals surface area contributed by atoms with Gasteiger partial charge in [-0.15, -0.1) is 0 Å². The Labute approximate surface area is 74.3 Å². The van der Waals surface area contributed by atoms with Crippen LogP contribution in [0, 0.1) is 0 Å². The van der Waals surface area contributed by atoms with Crippen molar-refractivity contribution in [1.82, 2.24) is 0 Å². The Hall–Kier alpha value is 0.290. The molecule has 11 heavy (non-hydrogen) atoms. The molecule has 3 nitrogen and oxygen atoms in total. The van der Waals surface area contributed by atoms with Crippen LogP contribution in [0.3, 0.4) is 0 Å². The third-order valence-corrected chi connectivity index (χ3v) is 2.95. The van der Waals surface area contributed by atoms with Crippen LogP contribution in [0.4, 0.5) is 0 Å². The second-order valence-corrected chi connectivity index (χ2v) is 4.46. The second kappa shape index (κ2) is 6.97. The molecule has 0 bridgehead atoms. The lowest BCUT2D eigenvalue weighted by Gasteiger charge is -2.04. The van der Waals surface area contributed by atoms with Gasteiger partial charge in [-0.25, -0.2) is 0 Å². The van der Waals surface area contributed by atoms with Crippen LogP contribution in [-0.2, 0) is 9.53 Å². The van der Waals surface area contributed by atoms with Crippen LogP contribution >= 0.6 is 21.6 Å². The summed E-state index contributed by atoms with van der Waals surface area (Å²) in [5.41, 5.74) is 0. The van der Waals surface area contributed by atoms with Gasteiger partial charge in [0.15, 0.2) is 11.4 Å². The Bertz CT molecular complexity index is 116. The predicted octanol–water partition coefficient (Wildman–Crippen LogP) is 1.27. The zero-order chi connectivity index (χ0) is 8.69. The monoisotopic (exact) mass is 196 g/mol. The molecule has 0 aliphatic carbocycles. The van der Waals surface area contributed by atoms with Gasteiger partial charge in [0.05, 0.1) is 6.61 Å². The highest BCUT2D eigenvalue weighted by Gasteiger charge is 1.96. The number of aliphatic hydroxyl groups is 1. The summed E-state index contributed by atoms with van der Waals surface area (Å²) in [6.07, 6.45) is -0.710. The highest BCUT2D eigenvalue weighted by Crippen LogP contribution is 2.20. The average molecular weight is 196 g/mol. The van der Waals surface area contributed by atoms with E-state index in [9.17, 15) is 4.79 Å². The van der Waals surface area contributed by atoms with Crippen LogP contribution in [-0.4, -0.2) is 28.9 Å². The predicted molar refractivity (Wildman–Crippen MR) is 48.4 cm³/mol. The number of carbonyl (C=O) groups excluding carboxylic acids is 1. The molecule has 0 rings (SSSR count). The lowest BCUT2D eigenvalue weighted by molar-refractivity contribution is -0.109. The van der Waals surface area contributed by atoms with Gasteiger partial charge in [-0.1, -0.05) is 10.8 Å². The Balaban J connectivity index is 2.97. The van der Waals surface area contributed by atoms with Crippen molar-refractivity contribution in [2.45, 2.75) is 20.1 Å². The standard InChI is InChI=1S/C6H12O3S2/c1-5(7)9-3-4-10-11-6(2)8/h5,7H,3-4H2,1-2H3. The van der Waals surface area contributed by atoms with Gasteiger partial charge in [0.2, 0.25) is 0 Å². The number of carbonyl (C=O) groups is 1. The lowest BCUT2D eigenvalue weighted by atomic mass is 10.7. The van der Waals surface area contributed by atoms with Gasteiger partial charge in [0.25, 0.3) is 0 Å². The molecule has 0 aromatic carbocycles. The molecule has 0 aliphatic heterocycles. The summed E-state index contributed by atoms with van der Waals surface area (Å²) < 4.78 is 4.83. The van der Waals surface area contributed by atoms with Gasteiger partial charge < -0.3 is 9.84 Å². The minimum atomic E-state index is -0.710. The first-order chi connectivity index (χ1) is 5.13. The Morgan fingerprint density at radius 3 is 2.82 bits per heavy atom. The number of hydrogen-bond donors (Lipinski definition) is 1. The maximum Gasteiger partial charge on any atom is 0.196 e. The van der Waals surface area contributed by atoms with E-state index in [1.165, 1.54) is 28.5 Å². The minimum absolute atomic E-state index is 0.0899. The molecule has 1 N–H and O–H groups in total. The minimum Gasteiger partial charge on any atom is -0.368 e. The molecular formula is C6H12O3S2. The number of aliphatic hydroxyl groups excluding tert-OH is 1. The van der Waals surface area contributed by atoms with Gasteiger partial charge in [-0.2, -0.15) is 0 Å². The SMILES string of the molecule is CC(=O)SSCCOC(C)O. The first-order valence-corrected chi connectivity index (χ1v) is 5.54. The van der Waals surface area contributed by atoms with E-state index in [0.29, 0.717) is 6.61 Å². The molecule has 0 saturated heterocycles. The largest absolute Gasteiger partial charge is 0.368 e. The normalized spacial score (nSPS) is 13.0. The zero-order valence-corrected chi connectivity index (χ0v) is 8.20. The third-order valence-electron chi connectivity index (χ3n) is 0.702. The van der Waals surface area contributed by atoms with E-state index in [1.54, 1.807) is 6.92 Å². The van der Waals surface area contributed by atoms with Crippen LogP contribution in [0.1, 0.15) is 13.8 Å². The van der Waals surface area contributed by atoms with E-state index >= 15 is 0 Å². The van der Waals surface area contributed by atoms with E-state index in [2.05, 4.69) is 0 Å². The van der Waals surface area contributed by atoms with Gasteiger partial charge in [-0.05, 0) is 17.7 Å². The van der Waals surface area contributed by atoms with Gasteiger partial charge in [0.1, 0.15) is 0 Å². The zero-order valence-electron chi connectivity index (χ0n) is 6.57. The van der Waals surface area contributed by atoms with E-state index in [1.807, 2.05) is 0 Å². The van der Waals surface area contributed by atoms with Crippen LogP contribution < -0.4 is 0 Å². The van der Waals surface area contributed by atoms with Crippen molar-refractivity contribution >= 4 is 26.7 Å². The van der Waals surface area contributed by atoms with Crippen LogP contribution in [0.5, 0.6) is 0 Å². The Morgan fingerprint density at radius 1 is 1.73 bits per heavy atom. The smallest absolute Gasteiger partial charge is 0.196 e. The molecule has 0 heterocycles. The van der Waals surface area contributed by atoms with Crippen LogP contribution in [0.25, 0.3) is 0 Å². The van der Waals surface area contributed by atoms with E-state index in [0.717, 1.165) is 5.75 Å². The highest BCUT2D eigenvalue weighted by atomic mass is 33.1. The molecule has 66 valence electrons. The molecule has 0 spiro atoms. The second-order valence-electron chi connectivity index (χ2n) is 1.87. The van der Waals surface area contributed by atoms with Crippen molar-refractivity contribution in [3.8, 4) is 0 Å². The van der Waals surface area contributed by atoms with Crippen LogP contribution in [0.2, 0.25) is 0 Å². The molecule has 0 aromatic heterocycles. The van der Waals surface area contributed by atoms with Gasteiger partial charge in [0, 0.05) is 12.7 Å². The number of rotatable bonds is 5. The maximum absolute atomic E-state index is 10.4. The van der Waals surface area contributed by atoms with Gasteiger partial charge >= 0.3 is 0 Å². The number of ether oxygens (including phenoxy) is 1. The van der Waals surface area contributed by atoms with Crippen molar-refractivity contribution in [3.05, 3.63) is 0 Å². The summed E-state index contributed by atoms with van der Waals surface area (Å²) >= 11 is 0. The van der Waals surface area contributed by atoms with Crippen molar-refractivity contribution in [2.24, 2.45) is 0 Å². The fraction of sp³-hybridized carbons (Fsp3) is 0.833. The summed E-state index contributed by atoms with van der Waals surface area (Å²) in [6, 6.07) is 0. The van der Waals surface area contributed by atoms with E-state index in [4.69, 9.17) is 9.84 Å². The molecule has 0 saturated carbocycles. The molecule has 1 unspecified atom stereocenters. The van der Waals surface area contributed by atoms with Crippen molar-refractivity contribution in [1.29, 1.82) is 0 Å². The molecule has 5 heteroatoms. The average Bonchev–Trinajstić information content (AvgIpc) is 1.85. The molecule has 0 aliphatic rings. The van der Waals surface area contributed by atoms with E-state index < -0.39 is 6.29 Å². The Kier molecular flexibility index (Phi) is 7.15. The van der Waals surface area contributed by atoms with Crippen molar-refractivity contribution in [2.75, 3.05) is 12.4 Å². The first-order valence-electron chi connectivity index (χ1n) is 3.22. The Morgan fingerprint density at radius 2 is 2.36 bits per heavy atom. The summed E-state index contributed by atoms with van der Waals surface area (Å²) in [6.45, 7) is 3.55. The topological polar surface area (TPSA) is 46.5 Å². The molecule has 0 amide bonds. The molecule has 0 fully saturated rings. The fourth-order valence-electron chi connectivity index (χ4n) is 0.377. The molecule has 1 atom stereocenters. The fourth-order valence-corrected chi connectivity index (χ4v) is 1.74. The first kappa shape index (κ1) is 11.3. The van der Waals surface area contributed by atoms with E-state index in [-0.39, 0.29) is 5.12 Å². The quantitative estimate of drug-likeness (QED) is 0.407. The summed E-state index contributed by atoms with van der Waals surface area (Å²) in [5.74, 6) is 0.717. The maximum atomic E-state index is 10.4. The lowest BCUT2D eigenvalue weighted by Crippen LogP contribution is -2.08. The summed E-state index contributed by atoms with van der Waals surface area (Å²) in [4.78, 5) is 10.4. The molecule has 0 aromatic rings. The number of hydrogen-bond acceptors (Lipinski definition) is 5. The van der Waals surface area contributed by atoms with Crippen molar-refractivity contribution in [3.63, 3.8) is 0 Å². The molecular weight excluding hydrogens is 184 g/mol. The van der Waals surface area contributed by atoms with Crippen molar-refractivity contribution < 1.29 is 14.6 Å². The highest BCUT2D eigenvalue weighted by molar-refractivity contribution is 8.82. The summed E-state index contributed by atoms with van der Waals surface area (Å²) in [7, 11) is 2.63. The third kappa shape index (κ3) is 10.3. The molecule has 0 radical (unpaired) electrons. The summed E-state index contributed by atoms with van der Waals surface area (Å²) in [5, 5.41) is 8.75. The van der Waals surface area contributed by atoms with Crippen LogP contribution in [0.15, 0.2) is 0 Å².